The van der Waals surface area contributed by atoms with Crippen LogP contribution < -0.4 is 15.1 Å². The number of nitrogens with zero attached hydrogens (tertiary/aromatic N) is 4. The van der Waals surface area contributed by atoms with Crippen molar-refractivity contribution in [2.75, 3.05) is 34.8 Å². The van der Waals surface area contributed by atoms with Crippen LogP contribution in [0.1, 0.15) is 29.9 Å². The maximum absolute atomic E-state index is 12.9. The summed E-state index contributed by atoms with van der Waals surface area (Å²) in [6, 6.07) is 15.8. The van der Waals surface area contributed by atoms with Gasteiger partial charge >= 0.3 is 6.09 Å². The van der Waals surface area contributed by atoms with E-state index >= 15 is 0 Å². The van der Waals surface area contributed by atoms with Gasteiger partial charge in [-0.15, -0.1) is 0 Å². The molecule has 8 heteroatoms. The molecule has 8 nitrogen and oxygen atoms in total. The van der Waals surface area contributed by atoms with Gasteiger partial charge in [-0.3, -0.25) is 14.7 Å². The molecule has 166 valence electrons. The third-order valence-corrected chi connectivity index (χ3v) is 5.08. The van der Waals surface area contributed by atoms with Crippen molar-refractivity contribution in [2.45, 2.75) is 20.3 Å². The second-order valence-corrected chi connectivity index (χ2v) is 7.05. The molecular weight excluding hydrogens is 406 g/mol. The second-order valence-electron chi connectivity index (χ2n) is 7.05. The molecule has 3 rings (SSSR count). The van der Waals surface area contributed by atoms with Gasteiger partial charge in [0.1, 0.15) is 5.82 Å². The van der Waals surface area contributed by atoms with Crippen molar-refractivity contribution < 1.29 is 14.7 Å². The van der Waals surface area contributed by atoms with Crippen molar-refractivity contribution in [1.82, 2.24) is 9.97 Å². The number of pyridine rings is 2. The van der Waals surface area contributed by atoms with Crippen molar-refractivity contribution >= 4 is 29.2 Å². The van der Waals surface area contributed by atoms with E-state index in [1.54, 1.807) is 48.8 Å². The van der Waals surface area contributed by atoms with Crippen LogP contribution in [0.25, 0.3) is 0 Å². The van der Waals surface area contributed by atoms with E-state index in [-0.39, 0.29) is 12.5 Å². The Morgan fingerprint density at radius 1 is 0.938 bits per heavy atom. The number of aromatic nitrogens is 2. The molecular formula is C24H27N5O3. The lowest BCUT2D eigenvalue weighted by molar-refractivity contribution is 0.102. The maximum atomic E-state index is 12.9. The lowest BCUT2D eigenvalue weighted by Gasteiger charge is -2.22. The van der Waals surface area contributed by atoms with Gasteiger partial charge < -0.3 is 15.3 Å². The zero-order chi connectivity index (χ0) is 22.9. The molecule has 32 heavy (non-hydrogen) atoms. The third kappa shape index (κ3) is 5.60. The van der Waals surface area contributed by atoms with E-state index in [1.165, 1.54) is 4.90 Å². The van der Waals surface area contributed by atoms with E-state index in [1.807, 2.05) is 36.9 Å². The number of carbonyl (C=O) groups excluding carboxylic acids is 1. The first kappa shape index (κ1) is 22.7. The molecule has 0 atom stereocenters. The van der Waals surface area contributed by atoms with Gasteiger partial charge in [0.2, 0.25) is 0 Å². The average Bonchev–Trinajstić information content (AvgIpc) is 2.82. The van der Waals surface area contributed by atoms with E-state index in [4.69, 9.17) is 0 Å². The molecule has 2 amide bonds. The highest BCUT2D eigenvalue weighted by Crippen LogP contribution is 2.22. The first-order valence-corrected chi connectivity index (χ1v) is 10.5. The smallest absolute Gasteiger partial charge is 0.411 e. The molecule has 1 aromatic carbocycles. The topological polar surface area (TPSA) is 98.7 Å². The Morgan fingerprint density at radius 2 is 1.66 bits per heavy atom. The molecule has 0 saturated heterocycles. The number of benzene rings is 1. The summed E-state index contributed by atoms with van der Waals surface area (Å²) < 4.78 is 0. The lowest BCUT2D eigenvalue weighted by atomic mass is 10.2. The van der Waals surface area contributed by atoms with Crippen LogP contribution >= 0.6 is 0 Å². The fourth-order valence-electron chi connectivity index (χ4n) is 3.38. The predicted molar refractivity (Wildman–Crippen MR) is 126 cm³/mol. The summed E-state index contributed by atoms with van der Waals surface area (Å²) in [6.07, 6.45) is 2.81. The first-order valence-electron chi connectivity index (χ1n) is 10.5. The molecule has 0 aliphatic carbocycles. The standard InChI is InChI=1S/C24H27N5O3/c1-3-28(4-2)22-21(9-7-16-26-22)23(30)27-19-10-12-20(13-11-19)29(24(31)32)17-14-18-8-5-6-15-25-18/h5-13,15-16H,3-4,14,17H2,1-2H3,(H,27,30)(H,31,32). The van der Waals surface area contributed by atoms with Gasteiger partial charge in [0.05, 0.1) is 5.56 Å². The summed E-state index contributed by atoms with van der Waals surface area (Å²) in [6.45, 7) is 5.79. The minimum atomic E-state index is -1.04. The molecule has 0 bridgehead atoms. The van der Waals surface area contributed by atoms with Crippen molar-refractivity contribution in [2.24, 2.45) is 0 Å². The van der Waals surface area contributed by atoms with E-state index < -0.39 is 6.09 Å². The number of amides is 2. The van der Waals surface area contributed by atoms with Crippen molar-refractivity contribution in [1.29, 1.82) is 0 Å². The highest BCUT2D eigenvalue weighted by Gasteiger charge is 2.17. The Morgan fingerprint density at radius 3 is 2.28 bits per heavy atom. The summed E-state index contributed by atoms with van der Waals surface area (Å²) >= 11 is 0. The number of carbonyl (C=O) groups is 2. The van der Waals surface area contributed by atoms with Crippen LogP contribution in [-0.2, 0) is 6.42 Å². The van der Waals surface area contributed by atoms with Gasteiger partial charge in [-0.25, -0.2) is 9.78 Å². The van der Waals surface area contributed by atoms with Gasteiger partial charge in [-0.05, 0) is 62.4 Å². The number of carboxylic acid groups (broad SMARTS) is 1. The maximum Gasteiger partial charge on any atom is 0.411 e. The third-order valence-electron chi connectivity index (χ3n) is 5.08. The van der Waals surface area contributed by atoms with Crippen molar-refractivity contribution in [3.05, 3.63) is 78.2 Å². The Bertz CT molecular complexity index is 1040. The average molecular weight is 434 g/mol. The number of hydrogen-bond acceptors (Lipinski definition) is 5. The fraction of sp³-hybridized carbons (Fsp3) is 0.250. The SMILES string of the molecule is CCN(CC)c1ncccc1C(=O)Nc1ccc(N(CCc2ccccn2)C(=O)O)cc1. The van der Waals surface area contributed by atoms with Crippen LogP contribution in [0.2, 0.25) is 0 Å². The molecule has 0 fully saturated rings. The second kappa shape index (κ2) is 10.9. The highest BCUT2D eigenvalue weighted by atomic mass is 16.4. The number of nitrogens with one attached hydrogen (secondary N) is 1. The number of anilines is 3. The van der Waals surface area contributed by atoms with Crippen LogP contribution in [-0.4, -0.2) is 46.7 Å². The van der Waals surface area contributed by atoms with Crippen molar-refractivity contribution in [3.63, 3.8) is 0 Å². The van der Waals surface area contributed by atoms with E-state index in [2.05, 4.69) is 15.3 Å². The summed E-state index contributed by atoms with van der Waals surface area (Å²) in [5.74, 6) is 0.371. The molecule has 0 unspecified atom stereocenters. The summed E-state index contributed by atoms with van der Waals surface area (Å²) in [7, 11) is 0. The van der Waals surface area contributed by atoms with E-state index in [0.717, 1.165) is 18.8 Å². The van der Waals surface area contributed by atoms with Crippen molar-refractivity contribution in [3.8, 4) is 0 Å². The molecule has 2 aromatic heterocycles. The number of rotatable bonds is 9. The summed E-state index contributed by atoms with van der Waals surface area (Å²) in [5, 5.41) is 12.5. The Hall–Kier alpha value is -3.94. The molecule has 3 aromatic rings. The minimum absolute atomic E-state index is 0.266. The van der Waals surface area contributed by atoms with Crippen LogP contribution in [0.4, 0.5) is 22.0 Å². The van der Waals surface area contributed by atoms with E-state index in [9.17, 15) is 14.7 Å². The minimum Gasteiger partial charge on any atom is -0.465 e. The van der Waals surface area contributed by atoms with Gasteiger partial charge in [0.15, 0.2) is 0 Å². The molecule has 0 saturated carbocycles. The molecule has 0 spiro atoms. The van der Waals surface area contributed by atoms with Crippen LogP contribution in [0, 0.1) is 0 Å². The summed E-state index contributed by atoms with van der Waals surface area (Å²) in [5.41, 5.74) is 2.41. The molecule has 0 aliphatic heterocycles. The monoisotopic (exact) mass is 433 g/mol. The normalized spacial score (nSPS) is 10.4. The van der Waals surface area contributed by atoms with Crippen LogP contribution in [0.15, 0.2) is 67.0 Å². The Kier molecular flexibility index (Phi) is 7.75. The Labute approximate surface area is 187 Å². The molecule has 0 radical (unpaired) electrons. The predicted octanol–water partition coefficient (Wildman–Crippen LogP) is 4.30. The molecule has 2 heterocycles. The zero-order valence-corrected chi connectivity index (χ0v) is 18.2. The van der Waals surface area contributed by atoms with Gasteiger partial charge in [-0.1, -0.05) is 6.07 Å². The zero-order valence-electron chi connectivity index (χ0n) is 18.2. The Balaban J connectivity index is 1.71. The lowest BCUT2D eigenvalue weighted by Crippen LogP contribution is -2.31. The van der Waals surface area contributed by atoms with Crippen LogP contribution in [0.3, 0.4) is 0 Å². The first-order chi connectivity index (χ1) is 15.5. The quantitative estimate of drug-likeness (QED) is 0.522. The molecule has 2 N–H and O–H groups in total. The van der Waals surface area contributed by atoms with Gasteiger partial charge in [0.25, 0.3) is 5.91 Å². The fourth-order valence-corrected chi connectivity index (χ4v) is 3.38. The highest BCUT2D eigenvalue weighted by molar-refractivity contribution is 6.07. The van der Waals surface area contributed by atoms with Gasteiger partial charge in [0, 0.05) is 55.5 Å². The molecule has 0 aliphatic rings. The number of hydrogen-bond donors (Lipinski definition) is 2. The van der Waals surface area contributed by atoms with Crippen LogP contribution in [0.5, 0.6) is 0 Å². The largest absolute Gasteiger partial charge is 0.465 e. The summed E-state index contributed by atoms with van der Waals surface area (Å²) in [4.78, 5) is 36.5. The van der Waals surface area contributed by atoms with E-state index in [0.29, 0.717) is 29.2 Å². The van der Waals surface area contributed by atoms with Gasteiger partial charge in [-0.2, -0.15) is 0 Å².